The summed E-state index contributed by atoms with van der Waals surface area (Å²) in [5.41, 5.74) is 1.79. The third-order valence-electron chi connectivity index (χ3n) is 5.97. The Balaban J connectivity index is 1.24. The van der Waals surface area contributed by atoms with Crippen molar-refractivity contribution in [1.82, 2.24) is 9.88 Å². The van der Waals surface area contributed by atoms with Crippen molar-refractivity contribution in [3.8, 4) is 5.75 Å². The maximum Gasteiger partial charge on any atom is 0.228 e. The number of carbonyl (C=O) groups is 3. The normalized spacial score (nSPS) is 16.2. The van der Waals surface area contributed by atoms with E-state index in [1.807, 2.05) is 43.3 Å². The first-order valence-corrected chi connectivity index (χ1v) is 11.0. The van der Waals surface area contributed by atoms with Crippen LogP contribution in [0.1, 0.15) is 31.2 Å². The van der Waals surface area contributed by atoms with Crippen LogP contribution >= 0.6 is 0 Å². The smallest absolute Gasteiger partial charge is 0.228 e. The molecule has 8 heteroatoms. The van der Waals surface area contributed by atoms with Crippen molar-refractivity contribution in [2.45, 2.75) is 32.6 Å². The number of rotatable bonds is 5. The molecule has 4 rings (SSSR count). The van der Waals surface area contributed by atoms with E-state index < -0.39 is 0 Å². The van der Waals surface area contributed by atoms with E-state index in [9.17, 15) is 14.4 Å². The zero-order valence-corrected chi connectivity index (χ0v) is 18.3. The molecule has 3 heterocycles. The molecule has 2 aliphatic heterocycles. The fraction of sp³-hybridized carbons (Fsp3) is 0.417. The maximum atomic E-state index is 12.7. The van der Waals surface area contributed by atoms with E-state index >= 15 is 0 Å². The van der Waals surface area contributed by atoms with E-state index in [-0.39, 0.29) is 36.5 Å². The lowest BCUT2D eigenvalue weighted by Crippen LogP contribution is -2.42. The molecule has 168 valence electrons. The number of aryl methyl sites for hydroxylation is 1. The molecular formula is C24H28N4O4. The van der Waals surface area contributed by atoms with Crippen molar-refractivity contribution in [2.24, 2.45) is 5.92 Å². The van der Waals surface area contributed by atoms with Crippen LogP contribution in [-0.2, 0) is 14.4 Å². The van der Waals surface area contributed by atoms with Crippen LogP contribution < -0.4 is 15.0 Å². The highest BCUT2D eigenvalue weighted by Gasteiger charge is 2.29. The van der Waals surface area contributed by atoms with E-state index in [2.05, 4.69) is 10.3 Å². The van der Waals surface area contributed by atoms with Crippen LogP contribution in [0.5, 0.6) is 5.75 Å². The third kappa shape index (κ3) is 5.07. The number of amides is 3. The number of piperidine rings is 1. The van der Waals surface area contributed by atoms with Gasteiger partial charge in [0.05, 0.1) is 12.2 Å². The van der Waals surface area contributed by atoms with Gasteiger partial charge in [-0.3, -0.25) is 14.4 Å². The van der Waals surface area contributed by atoms with Crippen LogP contribution in [0.15, 0.2) is 42.6 Å². The Kier molecular flexibility index (Phi) is 6.68. The topological polar surface area (TPSA) is 91.8 Å². The number of aromatic nitrogens is 1. The predicted molar refractivity (Wildman–Crippen MR) is 120 cm³/mol. The average molecular weight is 437 g/mol. The van der Waals surface area contributed by atoms with Crippen molar-refractivity contribution in [2.75, 3.05) is 36.5 Å². The number of fused-ring (bicyclic) bond motifs is 1. The Hall–Kier alpha value is -3.42. The summed E-state index contributed by atoms with van der Waals surface area (Å²) in [7, 11) is 0. The van der Waals surface area contributed by atoms with Crippen molar-refractivity contribution in [1.29, 1.82) is 0 Å². The largest absolute Gasteiger partial charge is 0.490 e. The number of hydrogen-bond acceptors (Lipinski definition) is 5. The Labute approximate surface area is 187 Å². The fourth-order valence-electron chi connectivity index (χ4n) is 4.16. The number of hydrogen-bond donors (Lipinski definition) is 1. The van der Waals surface area contributed by atoms with E-state index in [1.54, 1.807) is 16.0 Å². The highest BCUT2D eigenvalue weighted by atomic mass is 16.5. The number of benzene rings is 1. The summed E-state index contributed by atoms with van der Waals surface area (Å²) < 4.78 is 5.59. The molecular weight excluding hydrogens is 408 g/mol. The van der Waals surface area contributed by atoms with Crippen LogP contribution in [0.25, 0.3) is 0 Å². The van der Waals surface area contributed by atoms with Gasteiger partial charge in [0, 0.05) is 38.0 Å². The zero-order chi connectivity index (χ0) is 22.5. The molecule has 0 radical (unpaired) electrons. The minimum atomic E-state index is -0.146. The molecule has 0 saturated carbocycles. The maximum absolute atomic E-state index is 12.7. The van der Waals surface area contributed by atoms with Gasteiger partial charge in [-0.2, -0.15) is 0 Å². The molecule has 0 unspecified atom stereocenters. The highest BCUT2D eigenvalue weighted by Crippen LogP contribution is 2.31. The average Bonchev–Trinajstić information content (AvgIpc) is 2.82. The first-order chi connectivity index (χ1) is 15.5. The fourth-order valence-corrected chi connectivity index (χ4v) is 4.16. The SMILES string of the molecule is Cc1ccnc(NC(=O)C2CCN(C(=O)CCC(=O)N3CCOc4ccccc43)CC2)c1. The minimum Gasteiger partial charge on any atom is -0.490 e. The molecule has 1 fully saturated rings. The zero-order valence-electron chi connectivity index (χ0n) is 18.3. The second kappa shape index (κ2) is 9.80. The number of pyridine rings is 1. The molecule has 1 saturated heterocycles. The predicted octanol–water partition coefficient (Wildman–Crippen LogP) is 2.77. The van der Waals surface area contributed by atoms with Gasteiger partial charge in [-0.05, 0) is 49.6 Å². The number of anilines is 2. The Bertz CT molecular complexity index is 1000. The van der Waals surface area contributed by atoms with Crippen molar-refractivity contribution in [3.05, 3.63) is 48.2 Å². The number of carbonyl (C=O) groups excluding carboxylic acids is 3. The molecule has 0 atom stereocenters. The highest BCUT2D eigenvalue weighted by molar-refractivity contribution is 5.97. The summed E-state index contributed by atoms with van der Waals surface area (Å²) >= 11 is 0. The van der Waals surface area contributed by atoms with Crippen LogP contribution in [0, 0.1) is 12.8 Å². The number of ether oxygens (including phenoxy) is 1. The summed E-state index contributed by atoms with van der Waals surface area (Å²) in [6.45, 7) is 3.92. The molecule has 1 aromatic carbocycles. The molecule has 1 aromatic heterocycles. The van der Waals surface area contributed by atoms with Gasteiger partial charge in [-0.25, -0.2) is 4.98 Å². The number of nitrogens with zero attached hydrogens (tertiary/aromatic N) is 3. The van der Waals surface area contributed by atoms with Crippen molar-refractivity contribution < 1.29 is 19.1 Å². The van der Waals surface area contributed by atoms with E-state index in [0.29, 0.717) is 50.7 Å². The molecule has 8 nitrogen and oxygen atoms in total. The van der Waals surface area contributed by atoms with Gasteiger partial charge in [0.25, 0.3) is 0 Å². The molecule has 3 amide bonds. The molecule has 0 bridgehead atoms. The summed E-state index contributed by atoms with van der Waals surface area (Å²) in [5, 5.41) is 2.87. The molecule has 2 aromatic rings. The van der Waals surface area contributed by atoms with Crippen LogP contribution in [0.3, 0.4) is 0 Å². The summed E-state index contributed by atoms with van der Waals surface area (Å²) in [6, 6.07) is 11.2. The summed E-state index contributed by atoms with van der Waals surface area (Å²) in [4.78, 5) is 45.5. The van der Waals surface area contributed by atoms with Gasteiger partial charge in [0.1, 0.15) is 18.2 Å². The first kappa shape index (κ1) is 21.8. The van der Waals surface area contributed by atoms with Gasteiger partial charge < -0.3 is 19.9 Å². The van der Waals surface area contributed by atoms with Gasteiger partial charge in [0.2, 0.25) is 17.7 Å². The van der Waals surface area contributed by atoms with Crippen molar-refractivity contribution in [3.63, 3.8) is 0 Å². The quantitative estimate of drug-likeness (QED) is 0.778. The molecule has 32 heavy (non-hydrogen) atoms. The molecule has 2 aliphatic rings. The first-order valence-electron chi connectivity index (χ1n) is 11.0. The number of likely N-dealkylation sites (tertiary alicyclic amines) is 1. The Morgan fingerprint density at radius 3 is 2.59 bits per heavy atom. The number of nitrogens with one attached hydrogen (secondary N) is 1. The summed E-state index contributed by atoms with van der Waals surface area (Å²) in [5.74, 6) is 0.925. The Morgan fingerprint density at radius 2 is 1.81 bits per heavy atom. The Morgan fingerprint density at radius 1 is 1.06 bits per heavy atom. The second-order valence-electron chi connectivity index (χ2n) is 8.22. The van der Waals surface area contributed by atoms with Crippen LogP contribution in [0.2, 0.25) is 0 Å². The summed E-state index contributed by atoms with van der Waals surface area (Å²) in [6.07, 6.45) is 3.21. The minimum absolute atomic E-state index is 0.0425. The van der Waals surface area contributed by atoms with Crippen LogP contribution in [0.4, 0.5) is 11.5 Å². The number of para-hydroxylation sites is 2. The van der Waals surface area contributed by atoms with Gasteiger partial charge in [0.15, 0.2) is 0 Å². The molecule has 0 aliphatic carbocycles. The van der Waals surface area contributed by atoms with E-state index in [4.69, 9.17) is 4.74 Å². The molecule has 1 N–H and O–H groups in total. The van der Waals surface area contributed by atoms with E-state index in [0.717, 1.165) is 11.3 Å². The molecule has 0 spiro atoms. The second-order valence-corrected chi connectivity index (χ2v) is 8.22. The van der Waals surface area contributed by atoms with Crippen LogP contribution in [-0.4, -0.2) is 53.8 Å². The lowest BCUT2D eigenvalue weighted by molar-refractivity contribution is -0.135. The van der Waals surface area contributed by atoms with Gasteiger partial charge in [-0.1, -0.05) is 12.1 Å². The standard InChI is InChI=1S/C24H28N4O4/c1-17-8-11-25-21(16-17)26-24(31)18-9-12-27(13-10-18)22(29)6-7-23(30)28-14-15-32-20-5-3-2-4-19(20)28/h2-5,8,11,16,18H,6-7,9-10,12-15H2,1H3,(H,25,26,31). The van der Waals surface area contributed by atoms with Crippen molar-refractivity contribution >= 4 is 29.2 Å². The van der Waals surface area contributed by atoms with Gasteiger partial charge in [-0.15, -0.1) is 0 Å². The third-order valence-corrected chi connectivity index (χ3v) is 5.97. The monoisotopic (exact) mass is 436 g/mol. The van der Waals surface area contributed by atoms with Gasteiger partial charge >= 0.3 is 0 Å². The lowest BCUT2D eigenvalue weighted by atomic mass is 9.95. The van der Waals surface area contributed by atoms with E-state index in [1.165, 1.54) is 0 Å². The lowest BCUT2D eigenvalue weighted by Gasteiger charge is -2.32.